The van der Waals surface area contributed by atoms with Crippen molar-refractivity contribution in [2.24, 2.45) is 0 Å². The van der Waals surface area contributed by atoms with Crippen molar-refractivity contribution in [3.63, 3.8) is 0 Å². The molecule has 2 N–H and O–H groups in total. The Bertz CT molecular complexity index is 1230. The third kappa shape index (κ3) is 4.51. The van der Waals surface area contributed by atoms with E-state index in [1.165, 1.54) is 0 Å². The van der Waals surface area contributed by atoms with Crippen molar-refractivity contribution in [1.82, 2.24) is 29.8 Å². The number of hydrogen-bond acceptors (Lipinski definition) is 7. The fraction of sp³-hybridized carbons (Fsp3) is 0.182. The second-order valence-electron chi connectivity index (χ2n) is 7.14. The molecule has 0 aliphatic carbocycles. The Balaban J connectivity index is 1.73. The van der Waals surface area contributed by atoms with Gasteiger partial charge in [-0.3, -0.25) is 14.8 Å². The Kier molecular flexibility index (Phi) is 5.85. The van der Waals surface area contributed by atoms with Crippen LogP contribution < -0.4 is 5.73 Å². The third-order valence-corrected chi connectivity index (χ3v) is 5.38. The molecule has 156 valence electrons. The summed E-state index contributed by atoms with van der Waals surface area (Å²) in [6.07, 6.45) is 6.59. The molecule has 4 rings (SSSR count). The van der Waals surface area contributed by atoms with Crippen LogP contribution in [0.4, 0.5) is 5.82 Å². The highest BCUT2D eigenvalue weighted by atomic mass is 79.9. The van der Waals surface area contributed by atoms with Gasteiger partial charge in [0.05, 0.1) is 34.9 Å². The summed E-state index contributed by atoms with van der Waals surface area (Å²) in [6, 6.07) is 8.59. The van der Waals surface area contributed by atoms with E-state index in [2.05, 4.69) is 40.8 Å². The lowest BCUT2D eigenvalue weighted by Crippen LogP contribution is -2.34. The summed E-state index contributed by atoms with van der Waals surface area (Å²) in [6.45, 7) is 4.09. The van der Waals surface area contributed by atoms with Gasteiger partial charge in [0.1, 0.15) is 11.6 Å². The number of amides is 1. The second kappa shape index (κ2) is 8.73. The molecule has 0 spiro atoms. The van der Waals surface area contributed by atoms with Gasteiger partial charge in [-0.1, -0.05) is 0 Å². The molecule has 1 atom stereocenters. The quantitative estimate of drug-likeness (QED) is 0.464. The molecule has 0 radical (unpaired) electrons. The molecule has 0 saturated heterocycles. The van der Waals surface area contributed by atoms with Crippen LogP contribution in [0.5, 0.6) is 0 Å². The van der Waals surface area contributed by atoms with E-state index >= 15 is 0 Å². The average Bonchev–Trinajstić information content (AvgIpc) is 2.78. The Morgan fingerprint density at radius 3 is 2.61 bits per heavy atom. The van der Waals surface area contributed by atoms with Crippen LogP contribution in [0.15, 0.2) is 59.6 Å². The van der Waals surface area contributed by atoms with Crippen LogP contribution in [0.25, 0.3) is 11.0 Å². The fourth-order valence-corrected chi connectivity index (χ4v) is 3.55. The lowest BCUT2D eigenvalue weighted by Gasteiger charge is -2.28. The van der Waals surface area contributed by atoms with Crippen molar-refractivity contribution >= 4 is 38.7 Å². The van der Waals surface area contributed by atoms with Crippen LogP contribution in [0.3, 0.4) is 0 Å². The number of carbonyl (C=O) groups excluding carboxylic acids is 1. The van der Waals surface area contributed by atoms with Gasteiger partial charge in [0.25, 0.3) is 5.91 Å². The highest BCUT2D eigenvalue weighted by molar-refractivity contribution is 9.10. The zero-order valence-corrected chi connectivity index (χ0v) is 18.6. The molecule has 4 heterocycles. The summed E-state index contributed by atoms with van der Waals surface area (Å²) in [5, 5.41) is 0. The molecule has 0 fully saturated rings. The first kappa shape index (κ1) is 20.8. The van der Waals surface area contributed by atoms with Crippen molar-refractivity contribution in [2.45, 2.75) is 26.4 Å². The number of hydrogen-bond donors (Lipinski definition) is 1. The minimum Gasteiger partial charge on any atom is -0.384 e. The summed E-state index contributed by atoms with van der Waals surface area (Å²) in [7, 11) is 0. The number of fused-ring (bicyclic) bond motifs is 1. The summed E-state index contributed by atoms with van der Waals surface area (Å²) >= 11 is 3.39. The maximum atomic E-state index is 13.6. The largest absolute Gasteiger partial charge is 0.384 e. The number of anilines is 1. The average molecular weight is 478 g/mol. The topological polar surface area (TPSA) is 111 Å². The highest BCUT2D eigenvalue weighted by Crippen LogP contribution is 2.24. The normalized spacial score (nSPS) is 12.0. The molecular weight excluding hydrogens is 458 g/mol. The van der Waals surface area contributed by atoms with E-state index in [1.54, 1.807) is 47.9 Å². The minimum atomic E-state index is -0.384. The molecule has 0 unspecified atom stereocenters. The molecule has 4 aromatic rings. The van der Waals surface area contributed by atoms with Crippen molar-refractivity contribution in [3.05, 3.63) is 82.2 Å². The molecule has 1 amide bonds. The van der Waals surface area contributed by atoms with E-state index in [0.717, 1.165) is 15.7 Å². The second-order valence-corrected chi connectivity index (χ2v) is 8.06. The molecule has 0 saturated carbocycles. The minimum absolute atomic E-state index is 0.221. The Morgan fingerprint density at radius 1 is 1.13 bits per heavy atom. The summed E-state index contributed by atoms with van der Waals surface area (Å²) in [5.74, 6) is 0.708. The highest BCUT2D eigenvalue weighted by Gasteiger charge is 2.26. The van der Waals surface area contributed by atoms with Gasteiger partial charge in [-0.25, -0.2) is 15.0 Å². The van der Waals surface area contributed by atoms with E-state index < -0.39 is 0 Å². The van der Waals surface area contributed by atoms with Gasteiger partial charge in [-0.05, 0) is 65.7 Å². The van der Waals surface area contributed by atoms with Crippen LogP contribution in [0.2, 0.25) is 0 Å². The first-order valence-electron chi connectivity index (χ1n) is 9.63. The lowest BCUT2D eigenvalue weighted by atomic mass is 10.1. The third-order valence-electron chi connectivity index (χ3n) is 4.91. The SMILES string of the molecule is Cc1cc(N)nc2cc(C(=O)N(Cc3ccc(Br)cn3)[C@@H](C)c3ncccn3)cnc12. The van der Waals surface area contributed by atoms with Crippen molar-refractivity contribution < 1.29 is 4.79 Å². The molecule has 4 aromatic heterocycles. The first-order chi connectivity index (χ1) is 14.9. The molecule has 0 aliphatic heterocycles. The number of rotatable bonds is 5. The number of pyridine rings is 3. The number of carbonyl (C=O) groups is 1. The Morgan fingerprint density at radius 2 is 1.90 bits per heavy atom. The first-order valence-corrected chi connectivity index (χ1v) is 10.4. The number of halogens is 1. The predicted octanol–water partition coefficient (Wildman–Crippen LogP) is 3.87. The number of aryl methyl sites for hydroxylation is 1. The van der Waals surface area contributed by atoms with Crippen LogP contribution in [0.1, 0.15) is 40.4 Å². The van der Waals surface area contributed by atoms with Crippen molar-refractivity contribution in [1.29, 1.82) is 0 Å². The molecule has 0 aliphatic rings. The van der Waals surface area contributed by atoms with E-state index in [9.17, 15) is 4.79 Å². The fourth-order valence-electron chi connectivity index (χ4n) is 3.31. The molecule has 0 aromatic carbocycles. The zero-order chi connectivity index (χ0) is 22.0. The van der Waals surface area contributed by atoms with Gasteiger partial charge in [-0.2, -0.15) is 0 Å². The number of aromatic nitrogens is 5. The molecule has 31 heavy (non-hydrogen) atoms. The maximum Gasteiger partial charge on any atom is 0.256 e. The van der Waals surface area contributed by atoms with Crippen molar-refractivity contribution in [2.75, 3.05) is 5.73 Å². The summed E-state index contributed by atoms with van der Waals surface area (Å²) in [5.41, 5.74) is 9.23. The molecule has 0 bridgehead atoms. The smallest absolute Gasteiger partial charge is 0.256 e. The van der Waals surface area contributed by atoms with Crippen molar-refractivity contribution in [3.8, 4) is 0 Å². The van der Waals surface area contributed by atoms with E-state index in [4.69, 9.17) is 5.73 Å². The number of nitrogen functional groups attached to an aromatic ring is 1. The van der Waals surface area contributed by atoms with E-state index in [1.807, 2.05) is 26.0 Å². The summed E-state index contributed by atoms with van der Waals surface area (Å²) in [4.78, 5) is 37.1. The Hall–Kier alpha value is -3.46. The number of nitrogens with two attached hydrogens (primary N) is 1. The standard InChI is InChI=1S/C22H20BrN7O/c1-13-8-19(24)29-18-9-15(10-28-20(13)18)22(31)30(12-17-5-4-16(23)11-27-17)14(2)21-25-6-3-7-26-21/h3-11,14H,12H2,1-2H3,(H2,24,29)/t14-/m0/s1. The molecule has 9 heteroatoms. The van der Waals surface area contributed by atoms with Crippen LogP contribution in [-0.2, 0) is 6.54 Å². The monoisotopic (exact) mass is 477 g/mol. The van der Waals surface area contributed by atoms with Crippen LogP contribution >= 0.6 is 15.9 Å². The van der Waals surface area contributed by atoms with Gasteiger partial charge >= 0.3 is 0 Å². The maximum absolute atomic E-state index is 13.6. The van der Waals surface area contributed by atoms with Gasteiger partial charge in [-0.15, -0.1) is 0 Å². The zero-order valence-electron chi connectivity index (χ0n) is 17.0. The predicted molar refractivity (Wildman–Crippen MR) is 121 cm³/mol. The van der Waals surface area contributed by atoms with Gasteiger partial charge in [0.15, 0.2) is 0 Å². The van der Waals surface area contributed by atoms with Gasteiger partial charge in [0, 0.05) is 29.3 Å². The Labute approximate surface area is 187 Å². The lowest BCUT2D eigenvalue weighted by molar-refractivity contribution is 0.0663. The van der Waals surface area contributed by atoms with Gasteiger partial charge in [0.2, 0.25) is 0 Å². The van der Waals surface area contributed by atoms with Crippen LogP contribution in [-0.4, -0.2) is 35.7 Å². The van der Waals surface area contributed by atoms with Gasteiger partial charge < -0.3 is 10.6 Å². The van der Waals surface area contributed by atoms with E-state index in [-0.39, 0.29) is 18.5 Å². The number of nitrogens with zero attached hydrogens (tertiary/aromatic N) is 6. The van der Waals surface area contributed by atoms with Crippen LogP contribution in [0, 0.1) is 6.92 Å². The van der Waals surface area contributed by atoms with E-state index in [0.29, 0.717) is 28.2 Å². The molecule has 8 nitrogen and oxygen atoms in total. The summed E-state index contributed by atoms with van der Waals surface area (Å²) < 4.78 is 0.867. The molecular formula is C22H20BrN7O.